The van der Waals surface area contributed by atoms with Gasteiger partial charge in [0.15, 0.2) is 0 Å². The first-order valence-electron chi connectivity index (χ1n) is 9.15. The lowest BCUT2D eigenvalue weighted by Crippen LogP contribution is -2.34. The maximum absolute atomic E-state index is 13.0. The number of anilines is 1. The number of nitrogens with zero attached hydrogens (tertiary/aromatic N) is 2. The number of hydrogen-bond donors (Lipinski definition) is 1. The minimum atomic E-state index is -3.71. The van der Waals surface area contributed by atoms with Crippen molar-refractivity contribution in [1.29, 1.82) is 0 Å². The fourth-order valence-electron chi connectivity index (χ4n) is 2.99. The average molecular weight is 406 g/mol. The number of rotatable bonds is 8. The van der Waals surface area contributed by atoms with Gasteiger partial charge in [0.2, 0.25) is 10.0 Å². The summed E-state index contributed by atoms with van der Waals surface area (Å²) >= 11 is 0. The second-order valence-corrected chi connectivity index (χ2v) is 9.14. The molecule has 0 unspecified atom stereocenters. The first-order valence-corrected chi connectivity index (χ1v) is 10.6. The van der Waals surface area contributed by atoms with Crippen molar-refractivity contribution in [3.8, 4) is 5.75 Å². The van der Waals surface area contributed by atoms with E-state index in [9.17, 15) is 8.42 Å². The van der Waals surface area contributed by atoms with Crippen molar-refractivity contribution in [2.45, 2.75) is 24.8 Å². The van der Waals surface area contributed by atoms with Crippen LogP contribution in [0.4, 0.5) is 5.69 Å². The largest absolute Gasteiger partial charge is 0.495 e. The van der Waals surface area contributed by atoms with Crippen LogP contribution in [0.2, 0.25) is 0 Å². The van der Waals surface area contributed by atoms with Crippen molar-refractivity contribution < 1.29 is 13.2 Å². The van der Waals surface area contributed by atoms with Gasteiger partial charge in [-0.05, 0) is 68.9 Å². The van der Waals surface area contributed by atoms with E-state index in [1.807, 2.05) is 76.1 Å². The molecule has 0 bridgehead atoms. The Morgan fingerprint density at radius 3 is 2.07 bits per heavy atom. The molecule has 1 atom stereocenters. The zero-order valence-electron chi connectivity index (χ0n) is 17.8. The highest BCUT2D eigenvalue weighted by atomic mass is 32.2. The third-order valence-corrected chi connectivity index (χ3v) is 6.40. The molecular formula is C21H31N3O3S. The molecule has 2 aromatic carbocycles. The van der Waals surface area contributed by atoms with Gasteiger partial charge >= 0.3 is 0 Å². The smallest absolute Gasteiger partial charge is 0.244 e. The lowest BCUT2D eigenvalue weighted by Gasteiger charge is -2.26. The molecule has 0 aromatic heterocycles. The molecule has 2 rings (SSSR count). The summed E-state index contributed by atoms with van der Waals surface area (Å²) in [6, 6.07) is 11.5. The molecule has 0 radical (unpaired) electrons. The van der Waals surface area contributed by atoms with Gasteiger partial charge in [0, 0.05) is 32.4 Å². The Morgan fingerprint density at radius 1 is 1.00 bits per heavy atom. The summed E-state index contributed by atoms with van der Waals surface area (Å²) in [6.07, 6.45) is 0. The van der Waals surface area contributed by atoms with Crippen LogP contribution in [0, 0.1) is 13.8 Å². The molecule has 0 amide bonds. The maximum Gasteiger partial charge on any atom is 0.244 e. The molecule has 0 aliphatic heterocycles. The number of methoxy groups -OCH3 is 1. The molecule has 0 spiro atoms. The first kappa shape index (κ1) is 22.2. The molecule has 2 aromatic rings. The predicted molar refractivity (Wildman–Crippen MR) is 115 cm³/mol. The van der Waals surface area contributed by atoms with Gasteiger partial charge in [-0.25, -0.2) is 13.1 Å². The quantitative estimate of drug-likeness (QED) is 0.732. The Balaban J connectivity index is 2.27. The lowest BCUT2D eigenvalue weighted by molar-refractivity contribution is 0.299. The predicted octanol–water partition coefficient (Wildman–Crippen LogP) is 2.96. The van der Waals surface area contributed by atoms with E-state index in [0.717, 1.165) is 22.4 Å². The zero-order chi connectivity index (χ0) is 21.1. The van der Waals surface area contributed by atoms with E-state index in [1.54, 1.807) is 12.1 Å². The SMILES string of the molecule is COc1cc(C)c(C)cc1S(=O)(=O)NC[C@@H](c1ccc(N(C)C)cc1)N(C)C. The number of nitrogens with one attached hydrogen (secondary N) is 1. The third kappa shape index (κ3) is 5.04. The molecule has 0 saturated carbocycles. The molecule has 6 nitrogen and oxygen atoms in total. The van der Waals surface area contributed by atoms with Crippen molar-refractivity contribution in [1.82, 2.24) is 9.62 Å². The van der Waals surface area contributed by atoms with E-state index in [-0.39, 0.29) is 17.5 Å². The van der Waals surface area contributed by atoms with Crippen LogP contribution in [0.5, 0.6) is 5.75 Å². The van der Waals surface area contributed by atoms with Gasteiger partial charge < -0.3 is 14.5 Å². The molecule has 7 heteroatoms. The van der Waals surface area contributed by atoms with E-state index < -0.39 is 10.0 Å². The molecule has 154 valence electrons. The highest BCUT2D eigenvalue weighted by molar-refractivity contribution is 7.89. The molecule has 0 saturated heterocycles. The second kappa shape index (κ2) is 8.94. The number of benzene rings is 2. The monoisotopic (exact) mass is 405 g/mol. The second-order valence-electron chi connectivity index (χ2n) is 7.40. The third-order valence-electron chi connectivity index (χ3n) is 4.95. The van der Waals surface area contributed by atoms with Crippen molar-refractivity contribution in [3.05, 3.63) is 53.1 Å². The fourth-order valence-corrected chi connectivity index (χ4v) is 4.26. The van der Waals surface area contributed by atoms with Crippen molar-refractivity contribution in [3.63, 3.8) is 0 Å². The fraction of sp³-hybridized carbons (Fsp3) is 0.429. The van der Waals surface area contributed by atoms with Gasteiger partial charge in [-0.1, -0.05) is 12.1 Å². The topological polar surface area (TPSA) is 61.9 Å². The van der Waals surface area contributed by atoms with Gasteiger partial charge in [0.05, 0.1) is 7.11 Å². The highest BCUT2D eigenvalue weighted by Gasteiger charge is 2.23. The summed E-state index contributed by atoms with van der Waals surface area (Å²) in [5.41, 5.74) is 4.04. The molecule has 0 aliphatic carbocycles. The Bertz CT molecular complexity index is 907. The van der Waals surface area contributed by atoms with Gasteiger partial charge in [0.25, 0.3) is 0 Å². The van der Waals surface area contributed by atoms with Crippen LogP contribution < -0.4 is 14.4 Å². The Hall–Kier alpha value is -2.09. The van der Waals surface area contributed by atoms with Crippen molar-refractivity contribution in [2.75, 3.05) is 46.7 Å². The summed E-state index contributed by atoms with van der Waals surface area (Å²) in [7, 11) is 5.63. The van der Waals surface area contributed by atoms with E-state index in [2.05, 4.69) is 4.72 Å². The summed E-state index contributed by atoms with van der Waals surface area (Å²) < 4.78 is 34.0. The summed E-state index contributed by atoms with van der Waals surface area (Å²) in [5, 5.41) is 0. The van der Waals surface area contributed by atoms with Crippen LogP contribution in [-0.2, 0) is 10.0 Å². The van der Waals surface area contributed by atoms with Gasteiger partial charge in [0.1, 0.15) is 10.6 Å². The van der Waals surface area contributed by atoms with Crippen LogP contribution in [0.25, 0.3) is 0 Å². The van der Waals surface area contributed by atoms with E-state index in [0.29, 0.717) is 5.75 Å². The van der Waals surface area contributed by atoms with Crippen LogP contribution in [0.3, 0.4) is 0 Å². The van der Waals surface area contributed by atoms with Gasteiger partial charge in [-0.15, -0.1) is 0 Å². The number of likely N-dealkylation sites (N-methyl/N-ethyl adjacent to an activating group) is 1. The normalized spacial score (nSPS) is 12.9. The van der Waals surface area contributed by atoms with Crippen LogP contribution in [0.1, 0.15) is 22.7 Å². The lowest BCUT2D eigenvalue weighted by atomic mass is 10.1. The Kier molecular flexibility index (Phi) is 7.09. The van der Waals surface area contributed by atoms with Gasteiger partial charge in [-0.2, -0.15) is 0 Å². The van der Waals surface area contributed by atoms with Crippen LogP contribution in [-0.4, -0.2) is 55.2 Å². The first-order chi connectivity index (χ1) is 13.1. The van der Waals surface area contributed by atoms with E-state index in [1.165, 1.54) is 7.11 Å². The minimum absolute atomic E-state index is 0.0940. The minimum Gasteiger partial charge on any atom is -0.495 e. The average Bonchev–Trinajstić information content (AvgIpc) is 2.63. The molecular weight excluding hydrogens is 374 g/mol. The summed E-state index contributed by atoms with van der Waals surface area (Å²) in [4.78, 5) is 4.20. The molecule has 1 N–H and O–H groups in total. The van der Waals surface area contributed by atoms with Crippen molar-refractivity contribution >= 4 is 15.7 Å². The Morgan fingerprint density at radius 2 is 1.57 bits per heavy atom. The highest BCUT2D eigenvalue weighted by Crippen LogP contribution is 2.28. The van der Waals surface area contributed by atoms with Crippen LogP contribution in [0.15, 0.2) is 41.3 Å². The van der Waals surface area contributed by atoms with E-state index >= 15 is 0 Å². The molecule has 0 fully saturated rings. The summed E-state index contributed by atoms with van der Waals surface area (Å²) in [5.74, 6) is 0.354. The van der Waals surface area contributed by atoms with E-state index in [4.69, 9.17) is 4.74 Å². The number of aryl methyl sites for hydroxylation is 2. The summed E-state index contributed by atoms with van der Waals surface area (Å²) in [6.45, 7) is 4.08. The zero-order valence-corrected chi connectivity index (χ0v) is 18.6. The molecule has 0 heterocycles. The van der Waals surface area contributed by atoms with Crippen LogP contribution >= 0.6 is 0 Å². The standard InChI is InChI=1S/C21H31N3O3S/c1-15-12-20(27-7)21(13-16(15)2)28(25,26)22-14-19(24(5)6)17-8-10-18(11-9-17)23(3)4/h8-13,19,22H,14H2,1-7H3/t19-/m0/s1. The van der Waals surface area contributed by atoms with Gasteiger partial charge in [-0.3, -0.25) is 0 Å². The maximum atomic E-state index is 13.0. The Labute approximate surface area is 169 Å². The molecule has 28 heavy (non-hydrogen) atoms. The number of hydrogen-bond acceptors (Lipinski definition) is 5. The number of sulfonamides is 1. The number of ether oxygens (including phenoxy) is 1. The molecule has 0 aliphatic rings. The van der Waals surface area contributed by atoms with Crippen molar-refractivity contribution in [2.24, 2.45) is 0 Å².